The molecule has 0 aromatic heterocycles. The van der Waals surface area contributed by atoms with Crippen LogP contribution in [0.2, 0.25) is 0 Å². The van der Waals surface area contributed by atoms with Crippen LogP contribution < -0.4 is 0 Å². The van der Waals surface area contributed by atoms with Crippen LogP contribution in [-0.4, -0.2) is 96.7 Å². The number of aliphatic hydroxyl groups is 1. The van der Waals surface area contributed by atoms with Gasteiger partial charge in [0.25, 0.3) is 0 Å². The van der Waals surface area contributed by atoms with Crippen molar-refractivity contribution >= 4 is 39.5 Å². The minimum Gasteiger partial charge on any atom is -0.462 e. The van der Waals surface area contributed by atoms with Crippen LogP contribution in [0.15, 0.2) is 0 Å². The maximum atomic E-state index is 13.1. The molecule has 0 rings (SSSR count). The van der Waals surface area contributed by atoms with E-state index in [1.54, 1.807) is 0 Å². The van der Waals surface area contributed by atoms with Gasteiger partial charge in [-0.15, -0.1) is 0 Å². The van der Waals surface area contributed by atoms with Gasteiger partial charge in [0.05, 0.1) is 26.4 Å². The molecule has 3 N–H and O–H groups in total. The molecule has 0 aromatic carbocycles. The number of hydrogen-bond donors (Lipinski definition) is 3. The Balaban J connectivity index is 5.22. The lowest BCUT2D eigenvalue weighted by Crippen LogP contribution is -2.30. The molecule has 0 radical (unpaired) electrons. The number of aliphatic hydroxyl groups excluding tert-OH is 1. The van der Waals surface area contributed by atoms with E-state index in [2.05, 4.69) is 34.6 Å². The van der Waals surface area contributed by atoms with Crippen LogP contribution in [0.4, 0.5) is 0 Å². The van der Waals surface area contributed by atoms with Crippen molar-refractivity contribution in [3.63, 3.8) is 0 Å². The van der Waals surface area contributed by atoms with E-state index in [-0.39, 0.29) is 25.7 Å². The average Bonchev–Trinajstić information content (AvgIpc) is 2.06. The van der Waals surface area contributed by atoms with E-state index in [9.17, 15) is 43.2 Å². The van der Waals surface area contributed by atoms with Crippen LogP contribution in [0, 0.1) is 5.92 Å². The lowest BCUT2D eigenvalue weighted by molar-refractivity contribution is -0.161. The molecule has 0 heterocycles. The second-order valence-electron chi connectivity index (χ2n) is 26.8. The zero-order chi connectivity index (χ0) is 67.7. The molecule has 0 aliphatic heterocycles. The summed E-state index contributed by atoms with van der Waals surface area (Å²) < 4.78 is 68.4. The highest BCUT2D eigenvalue weighted by molar-refractivity contribution is 7.47. The van der Waals surface area contributed by atoms with Crippen molar-refractivity contribution in [2.24, 2.45) is 5.92 Å². The first kappa shape index (κ1) is 90.1. The molecule has 92 heavy (non-hydrogen) atoms. The van der Waals surface area contributed by atoms with Gasteiger partial charge in [-0.25, -0.2) is 9.13 Å². The molecule has 2 unspecified atom stereocenters. The summed E-state index contributed by atoms with van der Waals surface area (Å²) in [5.74, 6) is -1.37. The minimum atomic E-state index is -4.95. The fourth-order valence-corrected chi connectivity index (χ4v) is 12.8. The summed E-state index contributed by atoms with van der Waals surface area (Å²) >= 11 is 0. The molecule has 0 spiro atoms. The molecule has 0 saturated carbocycles. The van der Waals surface area contributed by atoms with Crippen molar-refractivity contribution in [1.82, 2.24) is 0 Å². The first-order valence-corrected chi connectivity index (χ1v) is 41.1. The Morgan fingerprint density at radius 3 is 0.739 bits per heavy atom. The van der Waals surface area contributed by atoms with E-state index >= 15 is 0 Å². The summed E-state index contributed by atoms with van der Waals surface area (Å²) in [4.78, 5) is 72.6. The van der Waals surface area contributed by atoms with Crippen LogP contribution in [-0.2, 0) is 65.4 Å². The fraction of sp³-hybridized carbons (Fsp3) is 0.945. The number of phosphoric ester groups is 2. The van der Waals surface area contributed by atoms with E-state index < -0.39 is 97.5 Å². The van der Waals surface area contributed by atoms with Gasteiger partial charge in [0.1, 0.15) is 19.3 Å². The quantitative estimate of drug-likeness (QED) is 0.0222. The van der Waals surface area contributed by atoms with Crippen LogP contribution in [0.3, 0.4) is 0 Å². The Hall–Kier alpha value is -1.94. The first-order chi connectivity index (χ1) is 44.5. The molecule has 0 bridgehead atoms. The van der Waals surface area contributed by atoms with Gasteiger partial charge >= 0.3 is 39.5 Å². The van der Waals surface area contributed by atoms with E-state index in [1.807, 2.05) is 0 Å². The standard InChI is InChI=1S/C73H142O17P2/c1-6-9-12-15-18-21-24-25-26-27-28-29-30-33-38-44-49-54-59-73(78)90-69(63-84-71(76)57-52-47-42-39-34-35-40-45-50-55-66(4)5)65-88-92(81,82)86-61-67(74)60-85-91(79,80)87-64-68(89-72(77)58-53-48-43-37-32-23-20-17-14-11-8-3)62-83-70(75)56-51-46-41-36-31-22-19-16-13-10-7-2/h66-69,74H,6-65H2,1-5H3,(H,79,80)(H,81,82)/t67-,68+,69+/m0/s1. The third-order valence-electron chi connectivity index (χ3n) is 17.0. The Labute approximate surface area is 562 Å². The molecule has 17 nitrogen and oxygen atoms in total. The Kier molecular flexibility index (Phi) is 64.9. The Morgan fingerprint density at radius 2 is 0.500 bits per heavy atom. The highest BCUT2D eigenvalue weighted by atomic mass is 31.2. The minimum absolute atomic E-state index is 0.107. The molecule has 546 valence electrons. The number of unbranched alkanes of at least 4 members (excludes halogenated alkanes) is 45. The van der Waals surface area contributed by atoms with E-state index in [0.717, 1.165) is 95.8 Å². The van der Waals surface area contributed by atoms with Crippen LogP contribution >= 0.6 is 15.6 Å². The van der Waals surface area contributed by atoms with Crippen LogP contribution in [0.5, 0.6) is 0 Å². The number of phosphoric acid groups is 2. The first-order valence-electron chi connectivity index (χ1n) is 38.1. The number of hydrogen-bond acceptors (Lipinski definition) is 15. The molecule has 0 fully saturated rings. The van der Waals surface area contributed by atoms with Crippen molar-refractivity contribution in [1.29, 1.82) is 0 Å². The number of rotatable bonds is 73. The van der Waals surface area contributed by atoms with Crippen LogP contribution in [0.1, 0.15) is 381 Å². The van der Waals surface area contributed by atoms with Gasteiger partial charge in [-0.2, -0.15) is 0 Å². The van der Waals surface area contributed by atoms with Gasteiger partial charge in [0.2, 0.25) is 0 Å². The molecule has 0 aliphatic carbocycles. The maximum absolute atomic E-state index is 13.1. The summed E-state index contributed by atoms with van der Waals surface area (Å²) in [7, 11) is -9.90. The largest absolute Gasteiger partial charge is 0.472 e. The number of ether oxygens (including phenoxy) is 4. The summed E-state index contributed by atoms with van der Waals surface area (Å²) in [6.45, 7) is 7.25. The lowest BCUT2D eigenvalue weighted by Gasteiger charge is -2.21. The van der Waals surface area contributed by atoms with E-state index in [1.165, 1.54) is 205 Å². The second kappa shape index (κ2) is 66.3. The van der Waals surface area contributed by atoms with Crippen LogP contribution in [0.25, 0.3) is 0 Å². The molecule has 5 atom stereocenters. The molecular formula is C73H142O17P2. The van der Waals surface area contributed by atoms with Gasteiger partial charge in [-0.1, -0.05) is 330 Å². The average molecular weight is 1350 g/mol. The van der Waals surface area contributed by atoms with Crippen molar-refractivity contribution in [3.05, 3.63) is 0 Å². The number of carbonyl (C=O) groups is 4. The van der Waals surface area contributed by atoms with Gasteiger partial charge < -0.3 is 33.8 Å². The number of carbonyl (C=O) groups excluding carboxylic acids is 4. The normalized spacial score (nSPS) is 14.0. The van der Waals surface area contributed by atoms with Crippen molar-refractivity contribution in [3.8, 4) is 0 Å². The molecule has 0 aliphatic rings. The predicted octanol–water partition coefficient (Wildman–Crippen LogP) is 21.3. The zero-order valence-corrected chi connectivity index (χ0v) is 61.5. The zero-order valence-electron chi connectivity index (χ0n) is 59.7. The highest BCUT2D eigenvalue weighted by Gasteiger charge is 2.30. The fourth-order valence-electron chi connectivity index (χ4n) is 11.2. The third kappa shape index (κ3) is 66.7. The van der Waals surface area contributed by atoms with Gasteiger partial charge in [-0.05, 0) is 31.6 Å². The Morgan fingerprint density at radius 1 is 0.293 bits per heavy atom. The topological polar surface area (TPSA) is 237 Å². The molecule has 0 aromatic rings. The highest BCUT2D eigenvalue weighted by Crippen LogP contribution is 2.45. The summed E-state index contributed by atoms with van der Waals surface area (Å²) in [5, 5.41) is 10.6. The second-order valence-corrected chi connectivity index (χ2v) is 29.7. The van der Waals surface area contributed by atoms with Gasteiger partial charge in [-0.3, -0.25) is 37.3 Å². The smallest absolute Gasteiger partial charge is 0.462 e. The van der Waals surface area contributed by atoms with Crippen molar-refractivity contribution in [2.75, 3.05) is 39.6 Å². The molecule has 19 heteroatoms. The van der Waals surface area contributed by atoms with Gasteiger partial charge in [0, 0.05) is 25.7 Å². The monoisotopic (exact) mass is 1350 g/mol. The lowest BCUT2D eigenvalue weighted by atomic mass is 10.0. The molecular weight excluding hydrogens is 1210 g/mol. The van der Waals surface area contributed by atoms with E-state index in [4.69, 9.17) is 37.0 Å². The van der Waals surface area contributed by atoms with Crippen molar-refractivity contribution < 1.29 is 80.2 Å². The summed E-state index contributed by atoms with van der Waals surface area (Å²) in [6, 6.07) is 0. The molecule has 0 amide bonds. The SMILES string of the molecule is CCCCCCCCCCCCCCCCCCCCC(=O)O[C@H](COC(=O)CCCCCCCCCCCC(C)C)COP(=O)(O)OC[C@@H](O)COP(=O)(O)OC[C@@H](COC(=O)CCCCCCCCCCCCC)OC(=O)CCCCCCCCCCCCC. The predicted molar refractivity (Wildman–Crippen MR) is 372 cm³/mol. The third-order valence-corrected chi connectivity index (χ3v) is 18.9. The Bertz CT molecular complexity index is 1770. The molecule has 0 saturated heterocycles. The maximum Gasteiger partial charge on any atom is 0.472 e. The van der Waals surface area contributed by atoms with Crippen molar-refractivity contribution in [2.45, 2.75) is 400 Å². The van der Waals surface area contributed by atoms with Gasteiger partial charge in [0.15, 0.2) is 12.2 Å². The summed E-state index contributed by atoms with van der Waals surface area (Å²) in [5.41, 5.74) is 0. The number of esters is 4. The summed E-state index contributed by atoms with van der Waals surface area (Å²) in [6.07, 6.45) is 54.0. The van der Waals surface area contributed by atoms with E-state index in [0.29, 0.717) is 25.7 Å².